The van der Waals surface area contributed by atoms with E-state index in [4.69, 9.17) is 18.1 Å². The third-order valence-electron chi connectivity index (χ3n) is 3.17. The van der Waals surface area contributed by atoms with E-state index < -0.39 is 0 Å². The number of nitrogens with two attached hydrogens (primary N) is 1. The first-order chi connectivity index (χ1) is 7.19. The van der Waals surface area contributed by atoms with Crippen molar-refractivity contribution >= 4 is 33.1 Å². The predicted molar refractivity (Wildman–Crippen MR) is 69.6 cm³/mol. The van der Waals surface area contributed by atoms with E-state index in [-0.39, 0.29) is 5.41 Å². The zero-order valence-corrected chi connectivity index (χ0v) is 10.7. The van der Waals surface area contributed by atoms with E-state index in [0.717, 1.165) is 22.3 Å². The van der Waals surface area contributed by atoms with Gasteiger partial charge in [0.1, 0.15) is 0 Å². The summed E-state index contributed by atoms with van der Waals surface area (Å²) in [5.41, 5.74) is 3.90. The van der Waals surface area contributed by atoms with Crippen molar-refractivity contribution < 1.29 is 0 Å². The lowest BCUT2D eigenvalue weighted by atomic mass is 9.64. The second-order valence-corrected chi connectivity index (χ2v) is 5.24. The van der Waals surface area contributed by atoms with Gasteiger partial charge in [0.25, 0.3) is 0 Å². The topological polar surface area (TPSA) is 38.0 Å². The van der Waals surface area contributed by atoms with Crippen LogP contribution in [0, 0.1) is 0 Å². The second kappa shape index (κ2) is 4.20. The molecule has 0 aromatic heterocycles. The summed E-state index contributed by atoms with van der Waals surface area (Å²) in [6.07, 6.45) is 3.41. The van der Waals surface area contributed by atoms with E-state index >= 15 is 0 Å². The van der Waals surface area contributed by atoms with E-state index in [1.54, 1.807) is 0 Å². The van der Waals surface area contributed by atoms with Crippen LogP contribution < -0.4 is 11.3 Å². The minimum absolute atomic E-state index is 0.00914. The van der Waals surface area contributed by atoms with E-state index in [9.17, 15) is 0 Å². The molecule has 0 atom stereocenters. The van der Waals surface area contributed by atoms with Crippen molar-refractivity contribution in [3.05, 3.63) is 34.3 Å². The summed E-state index contributed by atoms with van der Waals surface area (Å²) in [4.78, 5) is 0.760. The number of hydrazine groups is 1. The fourth-order valence-corrected chi connectivity index (χ4v) is 2.67. The molecule has 2 nitrogen and oxygen atoms in total. The van der Waals surface area contributed by atoms with Gasteiger partial charge < -0.3 is 5.43 Å². The van der Waals surface area contributed by atoms with Crippen LogP contribution in [-0.4, -0.2) is 4.99 Å². The number of nitrogens with one attached hydrogen (secondary N) is 1. The zero-order chi connectivity index (χ0) is 10.9. The molecule has 1 saturated carbocycles. The van der Waals surface area contributed by atoms with Gasteiger partial charge in [-0.2, -0.15) is 0 Å². The highest BCUT2D eigenvalue weighted by atomic mass is 79.9. The normalized spacial score (nSPS) is 18.0. The molecular weight excluding hydrogens is 272 g/mol. The highest BCUT2D eigenvalue weighted by Gasteiger charge is 2.42. The molecule has 1 aromatic carbocycles. The summed E-state index contributed by atoms with van der Waals surface area (Å²) in [5, 5.41) is 0. The van der Waals surface area contributed by atoms with Crippen molar-refractivity contribution in [3.63, 3.8) is 0 Å². The number of rotatable bonds is 2. The van der Waals surface area contributed by atoms with Crippen LogP contribution in [0.1, 0.15) is 24.8 Å². The molecular formula is C11H13BrN2S. The summed E-state index contributed by atoms with van der Waals surface area (Å²) in [6.45, 7) is 0. The largest absolute Gasteiger partial charge is 0.317 e. The summed E-state index contributed by atoms with van der Waals surface area (Å²) < 4.78 is 1.09. The van der Waals surface area contributed by atoms with Gasteiger partial charge in [-0.3, -0.25) is 5.84 Å². The van der Waals surface area contributed by atoms with Crippen molar-refractivity contribution in [1.82, 2.24) is 5.43 Å². The van der Waals surface area contributed by atoms with Gasteiger partial charge in [-0.1, -0.05) is 46.7 Å². The van der Waals surface area contributed by atoms with Crippen molar-refractivity contribution in [2.45, 2.75) is 24.7 Å². The van der Waals surface area contributed by atoms with E-state index in [2.05, 4.69) is 45.6 Å². The molecule has 1 fully saturated rings. The van der Waals surface area contributed by atoms with Crippen molar-refractivity contribution in [3.8, 4) is 0 Å². The highest BCUT2D eigenvalue weighted by Crippen LogP contribution is 2.44. The Morgan fingerprint density at radius 1 is 1.33 bits per heavy atom. The molecule has 15 heavy (non-hydrogen) atoms. The molecule has 0 heterocycles. The Balaban J connectivity index is 2.34. The van der Waals surface area contributed by atoms with Crippen LogP contribution in [0.15, 0.2) is 28.7 Å². The predicted octanol–water partition coefficient (Wildman–Crippen LogP) is 2.66. The second-order valence-electron chi connectivity index (χ2n) is 3.92. The van der Waals surface area contributed by atoms with E-state index in [1.807, 2.05) is 0 Å². The number of hydrogen-bond donors (Lipinski definition) is 2. The van der Waals surface area contributed by atoms with Crippen LogP contribution in [0.5, 0.6) is 0 Å². The molecule has 80 valence electrons. The molecule has 0 unspecified atom stereocenters. The molecule has 0 saturated heterocycles. The minimum atomic E-state index is -0.00914. The first-order valence-electron chi connectivity index (χ1n) is 4.96. The van der Waals surface area contributed by atoms with Gasteiger partial charge >= 0.3 is 0 Å². The monoisotopic (exact) mass is 284 g/mol. The molecule has 0 amide bonds. The third-order valence-corrected chi connectivity index (χ3v) is 4.21. The Morgan fingerprint density at radius 3 is 2.33 bits per heavy atom. The zero-order valence-electron chi connectivity index (χ0n) is 8.29. The minimum Gasteiger partial charge on any atom is -0.317 e. The first-order valence-corrected chi connectivity index (χ1v) is 6.16. The quantitative estimate of drug-likeness (QED) is 0.498. The van der Waals surface area contributed by atoms with Gasteiger partial charge in [-0.25, -0.2) is 0 Å². The highest BCUT2D eigenvalue weighted by molar-refractivity contribution is 9.10. The van der Waals surface area contributed by atoms with Crippen molar-refractivity contribution in [1.29, 1.82) is 0 Å². The maximum Gasteiger partial charge on any atom is 0.1000 e. The molecule has 1 aliphatic carbocycles. The molecule has 3 N–H and O–H groups in total. The average Bonchev–Trinajstić information content (AvgIpc) is 2.19. The number of halogens is 1. The Bertz CT molecular complexity index is 371. The standard InChI is InChI=1S/C11H13BrN2S/c12-9-4-2-8(3-5-9)11(6-1-7-11)10(15)14-13/h2-5H,1,6-7,13H2,(H,14,15). The molecule has 0 bridgehead atoms. The Hall–Kier alpha value is -0.450. The molecule has 2 rings (SSSR count). The smallest absolute Gasteiger partial charge is 0.1000 e. The van der Waals surface area contributed by atoms with Gasteiger partial charge in [-0.15, -0.1) is 0 Å². The summed E-state index contributed by atoms with van der Waals surface area (Å²) in [5.74, 6) is 5.43. The molecule has 4 heteroatoms. The Kier molecular flexibility index (Phi) is 3.09. The molecule has 0 radical (unpaired) electrons. The molecule has 0 spiro atoms. The third kappa shape index (κ3) is 1.82. The maximum atomic E-state index is 5.43. The number of thiocarbonyl (C=S) groups is 1. The first kappa shape index (κ1) is 11.0. The molecule has 0 aliphatic heterocycles. The van der Waals surface area contributed by atoms with Gasteiger partial charge in [-0.05, 0) is 30.5 Å². The van der Waals surface area contributed by atoms with Crippen LogP contribution >= 0.6 is 28.1 Å². The maximum absolute atomic E-state index is 5.43. The van der Waals surface area contributed by atoms with Crippen LogP contribution in [-0.2, 0) is 5.41 Å². The fourth-order valence-electron chi connectivity index (χ4n) is 2.08. The van der Waals surface area contributed by atoms with Gasteiger partial charge in [0.15, 0.2) is 0 Å². The van der Waals surface area contributed by atoms with Crippen LogP contribution in [0.3, 0.4) is 0 Å². The molecule has 1 aliphatic rings. The van der Waals surface area contributed by atoms with Crippen LogP contribution in [0.4, 0.5) is 0 Å². The molecule has 1 aromatic rings. The van der Waals surface area contributed by atoms with Crippen molar-refractivity contribution in [2.75, 3.05) is 0 Å². The Morgan fingerprint density at radius 2 is 1.93 bits per heavy atom. The lowest BCUT2D eigenvalue weighted by Gasteiger charge is -2.42. The van der Waals surface area contributed by atoms with E-state index in [0.29, 0.717) is 0 Å². The lowest BCUT2D eigenvalue weighted by Crippen LogP contribution is -2.50. The van der Waals surface area contributed by atoms with Crippen molar-refractivity contribution in [2.24, 2.45) is 5.84 Å². The van der Waals surface area contributed by atoms with Gasteiger partial charge in [0.05, 0.1) is 4.99 Å². The van der Waals surface area contributed by atoms with Crippen LogP contribution in [0.25, 0.3) is 0 Å². The fraction of sp³-hybridized carbons (Fsp3) is 0.364. The Labute approximate surface area is 103 Å². The summed E-state index contributed by atoms with van der Waals surface area (Å²) in [6, 6.07) is 8.34. The summed E-state index contributed by atoms with van der Waals surface area (Å²) >= 11 is 8.74. The van der Waals surface area contributed by atoms with Crippen LogP contribution in [0.2, 0.25) is 0 Å². The number of hydrogen-bond acceptors (Lipinski definition) is 2. The lowest BCUT2D eigenvalue weighted by molar-refractivity contribution is 0.337. The SMILES string of the molecule is NNC(=S)C1(c2ccc(Br)cc2)CCC1. The average molecular weight is 285 g/mol. The van der Waals surface area contributed by atoms with E-state index in [1.165, 1.54) is 12.0 Å². The summed E-state index contributed by atoms with van der Waals surface area (Å²) in [7, 11) is 0. The number of benzene rings is 1. The van der Waals surface area contributed by atoms with Gasteiger partial charge in [0.2, 0.25) is 0 Å². The van der Waals surface area contributed by atoms with Gasteiger partial charge in [0, 0.05) is 9.89 Å².